The third-order valence-electron chi connectivity index (χ3n) is 3.62. The summed E-state index contributed by atoms with van der Waals surface area (Å²) < 4.78 is 4.93. The first-order valence-corrected chi connectivity index (χ1v) is 8.15. The summed E-state index contributed by atoms with van der Waals surface area (Å²) in [6, 6.07) is 4.08. The summed E-state index contributed by atoms with van der Waals surface area (Å²) in [4.78, 5) is 25.7. The van der Waals surface area contributed by atoms with Gasteiger partial charge >= 0.3 is 0 Å². The van der Waals surface area contributed by atoms with E-state index >= 15 is 0 Å². The van der Waals surface area contributed by atoms with Crippen molar-refractivity contribution in [2.45, 2.75) is 27.2 Å². The molecule has 0 aliphatic heterocycles. The number of methoxy groups -OCH3 is 1. The average Bonchev–Trinajstić information content (AvgIpc) is 2.47. The third-order valence-corrected chi connectivity index (χ3v) is 3.62. The van der Waals surface area contributed by atoms with Gasteiger partial charge in [0.05, 0.1) is 13.1 Å². The Bertz CT molecular complexity index is 550. The van der Waals surface area contributed by atoms with E-state index in [0.29, 0.717) is 13.2 Å². The summed E-state index contributed by atoms with van der Waals surface area (Å²) in [5.74, 6) is -0.219. The van der Waals surface area contributed by atoms with Crippen molar-refractivity contribution in [3.63, 3.8) is 0 Å². The van der Waals surface area contributed by atoms with Crippen LogP contribution in [-0.2, 0) is 14.3 Å². The molecule has 0 atom stereocenters. The number of hydrogen-bond acceptors (Lipinski definition) is 4. The molecular formula is C18H29N3O3. The normalized spacial score (nSPS) is 10.8. The molecule has 0 fully saturated rings. The topological polar surface area (TPSA) is 70.7 Å². The molecule has 0 radical (unpaired) electrons. The molecular weight excluding hydrogens is 306 g/mol. The number of anilines is 1. The Morgan fingerprint density at radius 1 is 1.08 bits per heavy atom. The Kier molecular flexibility index (Phi) is 8.43. The molecule has 1 rings (SSSR count). The van der Waals surface area contributed by atoms with Crippen molar-refractivity contribution < 1.29 is 14.3 Å². The summed E-state index contributed by atoms with van der Waals surface area (Å²) in [5.41, 5.74) is 4.10. The van der Waals surface area contributed by atoms with E-state index in [1.807, 2.05) is 32.9 Å². The van der Waals surface area contributed by atoms with Gasteiger partial charge in [0.1, 0.15) is 0 Å². The van der Waals surface area contributed by atoms with Crippen molar-refractivity contribution in [2.75, 3.05) is 45.7 Å². The van der Waals surface area contributed by atoms with Crippen LogP contribution in [0.4, 0.5) is 5.69 Å². The molecule has 134 valence electrons. The number of carbonyl (C=O) groups is 2. The molecule has 2 N–H and O–H groups in total. The predicted molar refractivity (Wildman–Crippen MR) is 96.3 cm³/mol. The van der Waals surface area contributed by atoms with Gasteiger partial charge in [0.2, 0.25) is 11.8 Å². The highest BCUT2D eigenvalue weighted by molar-refractivity contribution is 5.94. The maximum absolute atomic E-state index is 12.2. The van der Waals surface area contributed by atoms with Crippen molar-refractivity contribution in [1.29, 1.82) is 0 Å². The summed E-state index contributed by atoms with van der Waals surface area (Å²) in [5, 5.41) is 5.74. The Hall–Kier alpha value is -1.92. The van der Waals surface area contributed by atoms with Gasteiger partial charge in [-0.3, -0.25) is 14.5 Å². The number of nitrogens with one attached hydrogen (secondary N) is 2. The van der Waals surface area contributed by atoms with Crippen LogP contribution in [0.25, 0.3) is 0 Å². The number of aryl methyl sites for hydroxylation is 3. The molecule has 24 heavy (non-hydrogen) atoms. The quantitative estimate of drug-likeness (QED) is 0.673. The lowest BCUT2D eigenvalue weighted by Gasteiger charge is -2.18. The number of nitrogens with zero attached hydrogens (tertiary/aromatic N) is 1. The van der Waals surface area contributed by atoms with E-state index in [0.717, 1.165) is 23.2 Å². The van der Waals surface area contributed by atoms with Gasteiger partial charge in [0.15, 0.2) is 0 Å². The molecule has 0 aliphatic rings. The van der Waals surface area contributed by atoms with Crippen molar-refractivity contribution in [1.82, 2.24) is 10.2 Å². The standard InChI is InChI=1S/C18H29N3O3/c1-13-9-14(2)18(15(3)10-13)20-17(23)12-21(4)11-16(22)19-7-6-8-24-5/h9-10H,6-8,11-12H2,1-5H3,(H,19,22)(H,20,23). The van der Waals surface area contributed by atoms with Gasteiger partial charge in [-0.15, -0.1) is 0 Å². The van der Waals surface area contributed by atoms with Crippen LogP contribution in [0.2, 0.25) is 0 Å². The molecule has 0 spiro atoms. The highest BCUT2D eigenvalue weighted by Crippen LogP contribution is 2.21. The number of carbonyl (C=O) groups excluding carboxylic acids is 2. The Labute approximate surface area is 144 Å². The lowest BCUT2D eigenvalue weighted by atomic mass is 10.1. The number of ether oxygens (including phenoxy) is 1. The highest BCUT2D eigenvalue weighted by Gasteiger charge is 2.12. The fourth-order valence-corrected chi connectivity index (χ4v) is 2.60. The lowest BCUT2D eigenvalue weighted by molar-refractivity contribution is -0.123. The second-order valence-corrected chi connectivity index (χ2v) is 6.19. The van der Waals surface area contributed by atoms with Crippen LogP contribution >= 0.6 is 0 Å². The van der Waals surface area contributed by atoms with Crippen molar-refractivity contribution in [3.05, 3.63) is 28.8 Å². The van der Waals surface area contributed by atoms with Crippen molar-refractivity contribution in [3.8, 4) is 0 Å². The number of hydrogen-bond donors (Lipinski definition) is 2. The van der Waals surface area contributed by atoms with Crippen LogP contribution in [0.5, 0.6) is 0 Å². The van der Waals surface area contributed by atoms with Crippen LogP contribution in [-0.4, -0.2) is 57.1 Å². The van der Waals surface area contributed by atoms with Crippen molar-refractivity contribution >= 4 is 17.5 Å². The minimum Gasteiger partial charge on any atom is -0.385 e. The summed E-state index contributed by atoms with van der Waals surface area (Å²) >= 11 is 0. The summed E-state index contributed by atoms with van der Waals surface area (Å²) in [6.07, 6.45) is 0.776. The molecule has 1 aromatic rings. The van der Waals surface area contributed by atoms with Gasteiger partial charge in [-0.2, -0.15) is 0 Å². The molecule has 6 nitrogen and oxygen atoms in total. The maximum atomic E-state index is 12.2. The molecule has 0 heterocycles. The SMILES string of the molecule is COCCCNC(=O)CN(C)CC(=O)Nc1c(C)cc(C)cc1C. The molecule has 6 heteroatoms. The minimum absolute atomic E-state index is 0.0934. The van der Waals surface area contributed by atoms with Gasteiger partial charge in [-0.05, 0) is 45.4 Å². The smallest absolute Gasteiger partial charge is 0.238 e. The third kappa shape index (κ3) is 7.10. The van der Waals surface area contributed by atoms with Crippen LogP contribution in [0.1, 0.15) is 23.1 Å². The molecule has 0 saturated heterocycles. The molecule has 1 aromatic carbocycles. The Morgan fingerprint density at radius 2 is 1.67 bits per heavy atom. The van der Waals surface area contributed by atoms with Gasteiger partial charge in [0, 0.05) is 25.9 Å². The zero-order valence-electron chi connectivity index (χ0n) is 15.4. The molecule has 0 bridgehead atoms. The number of amides is 2. The van der Waals surface area contributed by atoms with E-state index in [4.69, 9.17) is 4.74 Å². The minimum atomic E-state index is -0.125. The lowest BCUT2D eigenvalue weighted by Crippen LogP contribution is -2.39. The molecule has 0 unspecified atom stereocenters. The largest absolute Gasteiger partial charge is 0.385 e. The fourth-order valence-electron chi connectivity index (χ4n) is 2.60. The van der Waals surface area contributed by atoms with E-state index in [1.165, 1.54) is 5.56 Å². The van der Waals surface area contributed by atoms with Crippen LogP contribution in [0, 0.1) is 20.8 Å². The van der Waals surface area contributed by atoms with Gasteiger partial charge in [-0.1, -0.05) is 17.7 Å². The molecule has 0 aromatic heterocycles. The fraction of sp³-hybridized carbons (Fsp3) is 0.556. The van der Waals surface area contributed by atoms with E-state index in [2.05, 4.69) is 10.6 Å². The van der Waals surface area contributed by atoms with Crippen molar-refractivity contribution in [2.24, 2.45) is 0 Å². The first-order valence-electron chi connectivity index (χ1n) is 8.15. The number of benzene rings is 1. The van der Waals surface area contributed by atoms with Gasteiger partial charge in [-0.25, -0.2) is 0 Å². The maximum Gasteiger partial charge on any atom is 0.238 e. The first kappa shape index (κ1) is 20.1. The average molecular weight is 335 g/mol. The van der Waals surface area contributed by atoms with Crippen LogP contribution in [0.3, 0.4) is 0 Å². The second-order valence-electron chi connectivity index (χ2n) is 6.19. The predicted octanol–water partition coefficient (Wildman–Crippen LogP) is 1.63. The zero-order valence-corrected chi connectivity index (χ0v) is 15.4. The number of rotatable bonds is 9. The second kappa shape index (κ2) is 10.1. The highest BCUT2D eigenvalue weighted by atomic mass is 16.5. The van der Waals surface area contributed by atoms with E-state index in [-0.39, 0.29) is 24.9 Å². The van der Waals surface area contributed by atoms with E-state index < -0.39 is 0 Å². The molecule has 0 aliphatic carbocycles. The molecule has 0 saturated carbocycles. The van der Waals surface area contributed by atoms with Crippen LogP contribution < -0.4 is 10.6 Å². The number of likely N-dealkylation sites (N-methyl/N-ethyl adjacent to an activating group) is 1. The summed E-state index contributed by atoms with van der Waals surface area (Å²) in [7, 11) is 3.38. The molecule has 2 amide bonds. The van der Waals surface area contributed by atoms with E-state index in [9.17, 15) is 9.59 Å². The summed E-state index contributed by atoms with van der Waals surface area (Å²) in [6.45, 7) is 7.54. The van der Waals surface area contributed by atoms with Gasteiger partial charge in [0.25, 0.3) is 0 Å². The van der Waals surface area contributed by atoms with E-state index in [1.54, 1.807) is 19.1 Å². The first-order chi connectivity index (χ1) is 11.3. The zero-order chi connectivity index (χ0) is 18.1. The van der Waals surface area contributed by atoms with Crippen LogP contribution in [0.15, 0.2) is 12.1 Å². The Balaban J connectivity index is 2.43. The Morgan fingerprint density at radius 3 is 2.25 bits per heavy atom. The van der Waals surface area contributed by atoms with Gasteiger partial charge < -0.3 is 15.4 Å². The monoisotopic (exact) mass is 335 g/mol.